The molecule has 1 rings (SSSR count). The molecule has 0 unspecified atom stereocenters. The van der Waals surface area contributed by atoms with Crippen molar-refractivity contribution in [2.75, 3.05) is 0 Å². The summed E-state index contributed by atoms with van der Waals surface area (Å²) in [5, 5.41) is 0. The second kappa shape index (κ2) is 4.49. The van der Waals surface area contributed by atoms with E-state index in [-0.39, 0.29) is 0 Å². The predicted molar refractivity (Wildman–Crippen MR) is 52.0 cm³/mol. The first-order valence-corrected chi connectivity index (χ1v) is 5.02. The van der Waals surface area contributed by atoms with Gasteiger partial charge in [0.1, 0.15) is 11.9 Å². The molecule has 1 atom stereocenters. The smallest absolute Gasteiger partial charge is 0.319 e. The lowest BCUT2D eigenvalue weighted by Gasteiger charge is -2.26. The van der Waals surface area contributed by atoms with Crippen LogP contribution in [0.1, 0.15) is 11.6 Å². The molecule has 2 N–H and O–H groups in total. The highest BCUT2D eigenvalue weighted by molar-refractivity contribution is 9.10. The van der Waals surface area contributed by atoms with E-state index in [1.807, 2.05) is 0 Å². The zero-order valence-corrected chi connectivity index (χ0v) is 9.62. The van der Waals surface area contributed by atoms with Gasteiger partial charge in [-0.1, -0.05) is 12.1 Å². The maximum absolute atomic E-state index is 13.0. The minimum absolute atomic E-state index is 0.503. The minimum Gasteiger partial charge on any atom is -0.319 e. The Balaban J connectivity index is 3.22. The van der Waals surface area contributed by atoms with Crippen LogP contribution in [0.2, 0.25) is 0 Å². The Kier molecular flexibility index (Phi) is 3.78. The lowest BCUT2D eigenvalue weighted by atomic mass is 10.0. The van der Waals surface area contributed by atoms with Crippen molar-refractivity contribution < 1.29 is 26.3 Å². The molecular weight excluding hydrogens is 316 g/mol. The zero-order chi connectivity index (χ0) is 13.4. The Morgan fingerprint density at radius 2 is 1.65 bits per heavy atom. The number of hydrogen-bond acceptors (Lipinski definition) is 1. The average Bonchev–Trinajstić information content (AvgIpc) is 2.19. The van der Waals surface area contributed by atoms with Crippen molar-refractivity contribution >= 4 is 15.9 Å². The van der Waals surface area contributed by atoms with Crippen molar-refractivity contribution in [3.8, 4) is 0 Å². The van der Waals surface area contributed by atoms with E-state index >= 15 is 0 Å². The molecule has 8 heteroatoms. The standard InChI is InChI=1S/C9H6BrF6N/c10-6-4(2-1-3-5(6)11)7(17)8(12,13)9(14,15)16/h1-3,7H,17H2/t7-/m1/s1. The number of rotatable bonds is 2. The van der Waals surface area contributed by atoms with Crippen LogP contribution >= 0.6 is 15.9 Å². The molecule has 0 saturated heterocycles. The maximum Gasteiger partial charge on any atom is 0.455 e. The molecule has 1 nitrogen and oxygen atoms in total. The molecule has 0 spiro atoms. The van der Waals surface area contributed by atoms with Gasteiger partial charge in [-0.2, -0.15) is 22.0 Å². The van der Waals surface area contributed by atoms with E-state index in [1.54, 1.807) is 0 Å². The van der Waals surface area contributed by atoms with Gasteiger partial charge in [-0.15, -0.1) is 0 Å². The molecule has 0 saturated carbocycles. The fourth-order valence-electron chi connectivity index (χ4n) is 1.13. The van der Waals surface area contributed by atoms with Gasteiger partial charge in [0.2, 0.25) is 0 Å². The summed E-state index contributed by atoms with van der Waals surface area (Å²) >= 11 is 2.58. The van der Waals surface area contributed by atoms with Crippen LogP contribution < -0.4 is 5.73 Å². The quantitative estimate of drug-likeness (QED) is 0.824. The lowest BCUT2D eigenvalue weighted by Crippen LogP contribution is -2.46. The second-order valence-electron chi connectivity index (χ2n) is 3.24. The second-order valence-corrected chi connectivity index (χ2v) is 4.03. The highest BCUT2D eigenvalue weighted by Crippen LogP contribution is 2.44. The molecule has 1 aromatic carbocycles. The van der Waals surface area contributed by atoms with E-state index in [1.165, 1.54) is 0 Å². The molecule has 96 valence electrons. The zero-order valence-electron chi connectivity index (χ0n) is 8.03. The molecule has 0 aliphatic rings. The van der Waals surface area contributed by atoms with Crippen LogP contribution in [-0.4, -0.2) is 12.1 Å². The molecule has 0 fully saturated rings. The highest BCUT2D eigenvalue weighted by Gasteiger charge is 2.62. The fourth-order valence-corrected chi connectivity index (χ4v) is 1.64. The van der Waals surface area contributed by atoms with Crippen LogP contribution in [0.15, 0.2) is 22.7 Å². The van der Waals surface area contributed by atoms with Crippen LogP contribution in [0.3, 0.4) is 0 Å². The van der Waals surface area contributed by atoms with E-state index in [4.69, 9.17) is 5.73 Å². The topological polar surface area (TPSA) is 26.0 Å². The molecule has 0 heterocycles. The number of nitrogens with two attached hydrogens (primary N) is 1. The van der Waals surface area contributed by atoms with Crippen LogP contribution in [-0.2, 0) is 0 Å². The number of benzene rings is 1. The summed E-state index contributed by atoms with van der Waals surface area (Å²) in [6.45, 7) is 0. The number of halogens is 7. The van der Waals surface area contributed by atoms with Gasteiger partial charge in [0.15, 0.2) is 0 Å². The molecule has 0 aliphatic carbocycles. The van der Waals surface area contributed by atoms with E-state index < -0.39 is 34.0 Å². The van der Waals surface area contributed by atoms with Crippen LogP contribution in [0.4, 0.5) is 26.3 Å². The molecule has 0 radical (unpaired) electrons. The van der Waals surface area contributed by atoms with Crippen molar-refractivity contribution in [2.45, 2.75) is 18.1 Å². The van der Waals surface area contributed by atoms with Crippen LogP contribution in [0, 0.1) is 5.82 Å². The Morgan fingerprint density at radius 3 is 2.12 bits per heavy atom. The maximum atomic E-state index is 13.0. The van der Waals surface area contributed by atoms with Gasteiger partial charge in [-0.05, 0) is 27.6 Å². The minimum atomic E-state index is -5.79. The van der Waals surface area contributed by atoms with Crippen LogP contribution in [0.5, 0.6) is 0 Å². The summed E-state index contributed by atoms with van der Waals surface area (Å²) in [5.74, 6) is -6.10. The van der Waals surface area contributed by atoms with Gasteiger partial charge in [-0.25, -0.2) is 4.39 Å². The van der Waals surface area contributed by atoms with Crippen molar-refractivity contribution in [3.05, 3.63) is 34.1 Å². The lowest BCUT2D eigenvalue weighted by molar-refractivity contribution is -0.291. The van der Waals surface area contributed by atoms with Crippen molar-refractivity contribution in [3.63, 3.8) is 0 Å². The van der Waals surface area contributed by atoms with Gasteiger partial charge in [-0.3, -0.25) is 0 Å². The molecule has 0 aromatic heterocycles. The Morgan fingerprint density at radius 1 is 1.12 bits per heavy atom. The summed E-state index contributed by atoms with van der Waals surface area (Å²) < 4.78 is 74.5. The average molecular weight is 322 g/mol. The van der Waals surface area contributed by atoms with Gasteiger partial charge in [0, 0.05) is 0 Å². The summed E-state index contributed by atoms with van der Waals surface area (Å²) in [7, 11) is 0. The molecule has 17 heavy (non-hydrogen) atoms. The number of hydrogen-bond donors (Lipinski definition) is 1. The summed E-state index contributed by atoms with van der Waals surface area (Å²) in [6, 6.07) is 0.137. The first-order valence-electron chi connectivity index (χ1n) is 4.23. The predicted octanol–water partition coefficient (Wildman–Crippen LogP) is 3.79. The third-order valence-electron chi connectivity index (χ3n) is 2.09. The fraction of sp³-hybridized carbons (Fsp3) is 0.333. The van der Waals surface area contributed by atoms with E-state index in [0.717, 1.165) is 18.2 Å². The van der Waals surface area contributed by atoms with E-state index in [2.05, 4.69) is 15.9 Å². The largest absolute Gasteiger partial charge is 0.455 e. The van der Waals surface area contributed by atoms with Gasteiger partial charge >= 0.3 is 12.1 Å². The van der Waals surface area contributed by atoms with Crippen LogP contribution in [0.25, 0.3) is 0 Å². The molecule has 0 amide bonds. The first kappa shape index (κ1) is 14.3. The van der Waals surface area contributed by atoms with Gasteiger partial charge < -0.3 is 5.73 Å². The third kappa shape index (κ3) is 2.57. The van der Waals surface area contributed by atoms with E-state index in [9.17, 15) is 26.3 Å². The Hall–Kier alpha value is -0.760. The summed E-state index contributed by atoms with van der Waals surface area (Å²) in [6.07, 6.45) is -5.79. The van der Waals surface area contributed by atoms with Crippen molar-refractivity contribution in [1.29, 1.82) is 0 Å². The highest BCUT2D eigenvalue weighted by atomic mass is 79.9. The molecular formula is C9H6BrF6N. The number of alkyl halides is 5. The monoisotopic (exact) mass is 321 g/mol. The van der Waals surface area contributed by atoms with Crippen molar-refractivity contribution in [2.24, 2.45) is 5.73 Å². The van der Waals surface area contributed by atoms with E-state index in [0.29, 0.717) is 0 Å². The van der Waals surface area contributed by atoms with Gasteiger partial charge in [0.25, 0.3) is 0 Å². The SMILES string of the molecule is N[C@H](c1cccc(F)c1Br)C(F)(F)C(F)(F)F. The third-order valence-corrected chi connectivity index (χ3v) is 2.92. The van der Waals surface area contributed by atoms with Gasteiger partial charge in [0.05, 0.1) is 4.47 Å². The molecule has 1 aromatic rings. The summed E-state index contributed by atoms with van der Waals surface area (Å²) in [4.78, 5) is 0. The normalized spacial score (nSPS) is 14.8. The Labute approximate surface area is 101 Å². The Bertz CT molecular complexity index is 416. The van der Waals surface area contributed by atoms with Crippen molar-refractivity contribution in [1.82, 2.24) is 0 Å². The molecule has 0 bridgehead atoms. The molecule has 0 aliphatic heterocycles. The first-order chi connectivity index (χ1) is 7.59. The summed E-state index contributed by atoms with van der Waals surface area (Å²) in [5.41, 5.74) is 4.22.